The molecule has 1 aliphatic rings. The molecule has 0 bridgehead atoms. The van der Waals surface area contributed by atoms with Crippen molar-refractivity contribution in [3.63, 3.8) is 0 Å². The van der Waals surface area contributed by atoms with Crippen LogP contribution in [0.3, 0.4) is 0 Å². The number of ether oxygens (including phenoxy) is 1. The number of sulfonamides is 1. The van der Waals surface area contributed by atoms with E-state index in [2.05, 4.69) is 10.0 Å². The van der Waals surface area contributed by atoms with Crippen LogP contribution in [0, 0.1) is 5.82 Å². The van der Waals surface area contributed by atoms with E-state index in [9.17, 15) is 22.4 Å². The molecule has 2 aromatic carbocycles. The summed E-state index contributed by atoms with van der Waals surface area (Å²) in [5.74, 6) is -2.11. The monoisotopic (exact) mass is 406 g/mol. The Morgan fingerprint density at radius 2 is 1.82 bits per heavy atom. The van der Waals surface area contributed by atoms with E-state index in [-0.39, 0.29) is 10.9 Å². The van der Waals surface area contributed by atoms with Crippen molar-refractivity contribution in [3.05, 3.63) is 66.0 Å². The minimum atomic E-state index is -4.10. The zero-order valence-electron chi connectivity index (χ0n) is 14.8. The Morgan fingerprint density at radius 1 is 1.11 bits per heavy atom. The van der Waals surface area contributed by atoms with Gasteiger partial charge in [-0.3, -0.25) is 9.59 Å². The van der Waals surface area contributed by atoms with Crippen molar-refractivity contribution in [2.24, 2.45) is 0 Å². The number of rotatable bonds is 8. The Kier molecular flexibility index (Phi) is 6.05. The number of carbonyl (C=O) groups is 2. The number of halogens is 1. The van der Waals surface area contributed by atoms with Gasteiger partial charge in [-0.25, -0.2) is 12.8 Å². The van der Waals surface area contributed by atoms with E-state index in [1.807, 2.05) is 0 Å². The maximum Gasteiger partial charge on any atom is 0.322 e. The normalized spacial score (nSPS) is 14.9. The van der Waals surface area contributed by atoms with E-state index in [0.717, 1.165) is 25.0 Å². The second kappa shape index (κ2) is 8.49. The molecule has 1 fully saturated rings. The molecule has 0 aromatic heterocycles. The topological polar surface area (TPSA) is 102 Å². The molecule has 7 nitrogen and oxygen atoms in total. The van der Waals surface area contributed by atoms with Gasteiger partial charge in [-0.15, -0.1) is 0 Å². The predicted octanol–water partition coefficient (Wildman–Crippen LogP) is 1.67. The summed E-state index contributed by atoms with van der Waals surface area (Å²) in [5.41, 5.74) is 0.474. The van der Waals surface area contributed by atoms with Crippen LogP contribution in [0.1, 0.15) is 24.5 Å². The second-order valence-electron chi connectivity index (χ2n) is 6.35. The van der Waals surface area contributed by atoms with Gasteiger partial charge in [0, 0.05) is 11.6 Å². The van der Waals surface area contributed by atoms with Crippen molar-refractivity contribution >= 4 is 21.9 Å². The number of carbonyl (C=O) groups excluding carboxylic acids is 2. The Hall–Kier alpha value is -2.78. The van der Waals surface area contributed by atoms with E-state index in [1.54, 1.807) is 30.3 Å². The number of benzene rings is 2. The number of nitrogens with one attached hydrogen (secondary N) is 2. The molecular formula is C19H19FN2O5S. The maximum absolute atomic E-state index is 13.2. The molecule has 0 unspecified atom stereocenters. The zero-order chi connectivity index (χ0) is 20.1. The SMILES string of the molecule is O=C(CNS(=O)(=O)c1cccc(F)c1)O[C@@H](C(=O)NC1CC1)c1ccccc1. The minimum absolute atomic E-state index is 0.0731. The molecule has 1 amide bonds. The Balaban J connectivity index is 1.65. The first-order valence-corrected chi connectivity index (χ1v) is 10.1. The summed E-state index contributed by atoms with van der Waals surface area (Å²) >= 11 is 0. The fraction of sp³-hybridized carbons (Fsp3) is 0.263. The van der Waals surface area contributed by atoms with Gasteiger partial charge in [0.25, 0.3) is 5.91 Å². The van der Waals surface area contributed by atoms with E-state index in [1.165, 1.54) is 12.1 Å². The van der Waals surface area contributed by atoms with Gasteiger partial charge in [-0.05, 0) is 31.0 Å². The van der Waals surface area contributed by atoms with Crippen LogP contribution in [0.25, 0.3) is 0 Å². The van der Waals surface area contributed by atoms with Crippen molar-refractivity contribution in [3.8, 4) is 0 Å². The van der Waals surface area contributed by atoms with Gasteiger partial charge in [-0.1, -0.05) is 36.4 Å². The molecule has 3 rings (SSSR count). The predicted molar refractivity (Wildman–Crippen MR) is 98.0 cm³/mol. The van der Waals surface area contributed by atoms with Gasteiger partial charge in [-0.2, -0.15) is 4.72 Å². The molecule has 0 radical (unpaired) electrons. The highest BCUT2D eigenvalue weighted by molar-refractivity contribution is 7.89. The van der Waals surface area contributed by atoms with Gasteiger partial charge >= 0.3 is 5.97 Å². The minimum Gasteiger partial charge on any atom is -0.446 e. The summed E-state index contributed by atoms with van der Waals surface area (Å²) < 4.78 is 44.8. The smallest absolute Gasteiger partial charge is 0.322 e. The van der Waals surface area contributed by atoms with Crippen molar-refractivity contribution < 1.29 is 27.1 Å². The van der Waals surface area contributed by atoms with Crippen LogP contribution < -0.4 is 10.0 Å². The fourth-order valence-electron chi connectivity index (χ4n) is 2.45. The molecule has 2 aromatic rings. The van der Waals surface area contributed by atoms with Crippen LogP contribution in [0.5, 0.6) is 0 Å². The summed E-state index contributed by atoms with van der Waals surface area (Å²) in [7, 11) is -4.10. The Morgan fingerprint density at radius 3 is 2.46 bits per heavy atom. The molecule has 0 spiro atoms. The van der Waals surface area contributed by atoms with E-state index >= 15 is 0 Å². The highest BCUT2D eigenvalue weighted by Gasteiger charge is 2.31. The number of amides is 1. The summed E-state index contributed by atoms with van der Waals surface area (Å²) in [6.45, 7) is -0.696. The van der Waals surface area contributed by atoms with E-state index in [0.29, 0.717) is 5.56 Å². The average Bonchev–Trinajstić information content (AvgIpc) is 3.49. The van der Waals surface area contributed by atoms with Crippen molar-refractivity contribution in [1.82, 2.24) is 10.0 Å². The largest absolute Gasteiger partial charge is 0.446 e. The van der Waals surface area contributed by atoms with Crippen LogP contribution in [0.4, 0.5) is 4.39 Å². The molecule has 0 aliphatic heterocycles. The maximum atomic E-state index is 13.2. The molecule has 9 heteroatoms. The van der Waals surface area contributed by atoms with Crippen LogP contribution in [0.15, 0.2) is 59.5 Å². The molecule has 0 saturated heterocycles. The first-order valence-electron chi connectivity index (χ1n) is 8.65. The van der Waals surface area contributed by atoms with Crippen molar-refractivity contribution in [1.29, 1.82) is 0 Å². The molecule has 28 heavy (non-hydrogen) atoms. The van der Waals surface area contributed by atoms with Gasteiger partial charge in [0.1, 0.15) is 12.4 Å². The fourth-order valence-corrected chi connectivity index (χ4v) is 3.45. The third kappa shape index (κ3) is 5.37. The highest BCUT2D eigenvalue weighted by atomic mass is 32.2. The van der Waals surface area contributed by atoms with Crippen LogP contribution in [0.2, 0.25) is 0 Å². The molecule has 148 valence electrons. The summed E-state index contributed by atoms with van der Waals surface area (Å²) in [5, 5.41) is 2.77. The average molecular weight is 406 g/mol. The van der Waals surface area contributed by atoms with Crippen molar-refractivity contribution in [2.75, 3.05) is 6.54 Å². The highest BCUT2D eigenvalue weighted by Crippen LogP contribution is 2.23. The molecule has 1 saturated carbocycles. The lowest BCUT2D eigenvalue weighted by Crippen LogP contribution is -2.36. The van der Waals surface area contributed by atoms with Crippen LogP contribution in [-0.4, -0.2) is 32.9 Å². The Labute approximate surface area is 161 Å². The third-order valence-corrected chi connectivity index (χ3v) is 5.43. The van der Waals surface area contributed by atoms with Crippen LogP contribution >= 0.6 is 0 Å². The van der Waals surface area contributed by atoms with Gasteiger partial charge < -0.3 is 10.1 Å². The Bertz CT molecular complexity index is 961. The standard InChI is InChI=1S/C19H19FN2O5S/c20-14-7-4-8-16(11-14)28(25,26)21-12-17(23)27-18(13-5-2-1-3-6-13)19(24)22-15-9-10-15/h1-8,11,15,18,21H,9-10,12H2,(H,22,24)/t18-/m1/s1. The summed E-state index contributed by atoms with van der Waals surface area (Å²) in [6.07, 6.45) is 0.552. The lowest BCUT2D eigenvalue weighted by Gasteiger charge is -2.18. The van der Waals surface area contributed by atoms with Crippen molar-refractivity contribution in [2.45, 2.75) is 29.9 Å². The number of esters is 1. The molecule has 0 heterocycles. The third-order valence-electron chi connectivity index (χ3n) is 4.03. The molecule has 1 atom stereocenters. The molecular weight excluding hydrogens is 387 g/mol. The molecule has 2 N–H and O–H groups in total. The van der Waals surface area contributed by atoms with E-state index < -0.39 is 40.4 Å². The molecule has 1 aliphatic carbocycles. The lowest BCUT2D eigenvalue weighted by molar-refractivity contribution is -0.155. The van der Waals surface area contributed by atoms with E-state index in [4.69, 9.17) is 4.74 Å². The number of hydrogen-bond acceptors (Lipinski definition) is 5. The van der Waals surface area contributed by atoms with Gasteiger partial charge in [0.2, 0.25) is 16.1 Å². The first kappa shape index (κ1) is 20.0. The first-order chi connectivity index (χ1) is 13.3. The summed E-state index contributed by atoms with van der Waals surface area (Å²) in [6, 6.07) is 12.9. The van der Waals surface area contributed by atoms with Gasteiger partial charge in [0.05, 0.1) is 4.90 Å². The van der Waals surface area contributed by atoms with Crippen LogP contribution in [-0.2, 0) is 24.3 Å². The number of hydrogen-bond donors (Lipinski definition) is 2. The lowest BCUT2D eigenvalue weighted by atomic mass is 10.1. The van der Waals surface area contributed by atoms with Gasteiger partial charge in [0.15, 0.2) is 0 Å². The quantitative estimate of drug-likeness (QED) is 0.650. The summed E-state index contributed by atoms with van der Waals surface area (Å²) in [4.78, 5) is 24.3. The zero-order valence-corrected chi connectivity index (χ0v) is 15.6. The second-order valence-corrected chi connectivity index (χ2v) is 8.11.